The fourth-order valence-corrected chi connectivity index (χ4v) is 13.0. The molecule has 0 bridgehead atoms. The summed E-state index contributed by atoms with van der Waals surface area (Å²) in [5, 5.41) is 1.23. The molecule has 0 radical (unpaired) electrons. The highest BCUT2D eigenvalue weighted by Gasteiger charge is 2.45. The Labute approximate surface area is 422 Å². The summed E-state index contributed by atoms with van der Waals surface area (Å²) in [6, 6.07) is 45.2. The van der Waals surface area contributed by atoms with Crippen LogP contribution in [0.15, 0.2) is 146 Å². The minimum absolute atomic E-state index is 0.0433. The van der Waals surface area contributed by atoms with Gasteiger partial charge in [-0.1, -0.05) is 138 Å². The monoisotopic (exact) mass is 922 g/mol. The molecule has 0 fully saturated rings. The number of aryl methyl sites for hydroxylation is 5. The number of nitrogens with zero attached hydrogens (tertiary/aromatic N) is 3. The van der Waals surface area contributed by atoms with Crippen molar-refractivity contribution in [3.63, 3.8) is 0 Å². The van der Waals surface area contributed by atoms with Crippen molar-refractivity contribution in [1.82, 2.24) is 4.57 Å². The highest BCUT2D eigenvalue weighted by molar-refractivity contribution is 7.00. The molecule has 3 heterocycles. The second-order valence-corrected chi connectivity index (χ2v) is 22.3. The van der Waals surface area contributed by atoms with Gasteiger partial charge in [-0.25, -0.2) is 0 Å². The van der Waals surface area contributed by atoms with Crippen LogP contribution >= 0.6 is 0 Å². The summed E-state index contributed by atoms with van der Waals surface area (Å²) >= 11 is 0. The molecule has 2 aliphatic carbocycles. The third-order valence-corrected chi connectivity index (χ3v) is 16.3. The first-order chi connectivity index (χ1) is 34.1. The van der Waals surface area contributed by atoms with E-state index in [1.165, 1.54) is 139 Å². The second kappa shape index (κ2) is 16.1. The van der Waals surface area contributed by atoms with Crippen molar-refractivity contribution in [3.8, 4) is 16.8 Å². The molecule has 0 saturated carbocycles. The van der Waals surface area contributed by atoms with Crippen molar-refractivity contribution in [2.45, 2.75) is 99.8 Å². The number of benzene rings is 7. The molecule has 0 saturated heterocycles. The fraction of sp³-hybridized carbons (Fsp3) is 0.224. The molecule has 7 aromatic carbocycles. The molecule has 71 heavy (non-hydrogen) atoms. The second-order valence-electron chi connectivity index (χ2n) is 22.3. The summed E-state index contributed by atoms with van der Waals surface area (Å²) in [5.74, 6) is 0. The van der Waals surface area contributed by atoms with Crippen LogP contribution < -0.4 is 26.2 Å². The number of hydrogen-bond donors (Lipinski definition) is 0. The molecule has 4 aliphatic rings. The Morgan fingerprint density at radius 1 is 0.648 bits per heavy atom. The number of para-hydroxylation sites is 1. The average Bonchev–Trinajstić information content (AvgIpc) is 3.76. The lowest BCUT2D eigenvalue weighted by Crippen LogP contribution is -2.61. The zero-order valence-corrected chi connectivity index (χ0v) is 43.5. The van der Waals surface area contributed by atoms with Crippen LogP contribution in [0, 0.1) is 34.6 Å². The van der Waals surface area contributed by atoms with Crippen molar-refractivity contribution in [3.05, 3.63) is 207 Å². The lowest BCUT2D eigenvalue weighted by molar-refractivity contribution is 0.590. The molecular formula is C67H64BN3. The molecular weight excluding hydrogens is 858 g/mol. The van der Waals surface area contributed by atoms with Crippen LogP contribution in [0.2, 0.25) is 0 Å². The Balaban J connectivity index is 1.20. The maximum Gasteiger partial charge on any atom is 0.252 e. The molecule has 4 heteroatoms. The first kappa shape index (κ1) is 44.9. The molecule has 0 N–H and O–H groups in total. The Kier molecular flexibility index (Phi) is 10.2. The highest BCUT2D eigenvalue weighted by Crippen LogP contribution is 2.53. The van der Waals surface area contributed by atoms with Gasteiger partial charge in [-0.2, -0.15) is 0 Å². The minimum Gasteiger partial charge on any atom is -0.311 e. The maximum absolute atomic E-state index is 4.50. The van der Waals surface area contributed by atoms with Crippen LogP contribution in [0.4, 0.5) is 34.1 Å². The average molecular weight is 922 g/mol. The van der Waals surface area contributed by atoms with Gasteiger partial charge in [-0.3, -0.25) is 0 Å². The fourth-order valence-electron chi connectivity index (χ4n) is 13.0. The molecule has 1 aromatic heterocycles. The largest absolute Gasteiger partial charge is 0.311 e. The van der Waals surface area contributed by atoms with Crippen LogP contribution in [0.5, 0.6) is 0 Å². The van der Waals surface area contributed by atoms with Crippen molar-refractivity contribution >= 4 is 85.9 Å². The molecule has 0 amide bonds. The zero-order chi connectivity index (χ0) is 49.4. The Morgan fingerprint density at radius 3 is 2.04 bits per heavy atom. The van der Waals surface area contributed by atoms with E-state index in [0.29, 0.717) is 0 Å². The summed E-state index contributed by atoms with van der Waals surface area (Å²) in [7, 11) is 0. The molecule has 12 rings (SSSR count). The van der Waals surface area contributed by atoms with E-state index < -0.39 is 0 Å². The Hall–Kier alpha value is -7.30. The number of fused-ring (bicyclic) bond motifs is 8. The van der Waals surface area contributed by atoms with Crippen LogP contribution in [0.1, 0.15) is 116 Å². The summed E-state index contributed by atoms with van der Waals surface area (Å²) in [5.41, 5.74) is 31.4. The predicted molar refractivity (Wildman–Crippen MR) is 308 cm³/mol. The van der Waals surface area contributed by atoms with Crippen molar-refractivity contribution < 1.29 is 0 Å². The molecule has 0 unspecified atom stereocenters. The standard InChI is InChI=1S/C67H64BN3/c1-13-21-51-52-38-56-60(39-58(52)70(57(51)14-2)64-41(4)22-20-23-42(64)5)71(65-43(6)34-46(35-44(65)7)45-24-16-15-17-25-45)62-33-40(3)32-61-63(62)68(56)55-31-28-47(66(8,9)10)36-59(55)69(61)48-29-30-50-49-26-18-19-27-53(49)67(11,12)54(50)37-48/h13-14,16,18-39H,2,15,17H2,1,3-12H3/b21-13-. The van der Waals surface area contributed by atoms with Crippen LogP contribution in [0.3, 0.4) is 0 Å². The SMILES string of the molecule is C=Cc1c(/C=C\C)c2cc3c(cc2n1-c1c(C)cccc1C)N(c1c(C)cc(C2=CCCC=C2)cc1C)c1cc(C)cc2c1B3c1ccc(C(C)(C)C)cc1N2c1ccc2c(c1)C(C)(C)c1ccccc1-2. The van der Waals surface area contributed by atoms with Crippen LogP contribution in [0.25, 0.3) is 45.4 Å². The Morgan fingerprint density at radius 2 is 1.35 bits per heavy atom. The summed E-state index contributed by atoms with van der Waals surface area (Å²) < 4.78 is 2.49. The van der Waals surface area contributed by atoms with E-state index >= 15 is 0 Å². The van der Waals surface area contributed by atoms with Crippen molar-refractivity contribution in [1.29, 1.82) is 0 Å². The molecule has 2 aliphatic heterocycles. The van der Waals surface area contributed by atoms with Gasteiger partial charge in [0.1, 0.15) is 0 Å². The van der Waals surface area contributed by atoms with Gasteiger partial charge in [0.2, 0.25) is 0 Å². The first-order valence-corrected chi connectivity index (χ1v) is 25.8. The van der Waals surface area contributed by atoms with E-state index in [-0.39, 0.29) is 17.5 Å². The first-order valence-electron chi connectivity index (χ1n) is 25.8. The summed E-state index contributed by atoms with van der Waals surface area (Å²) in [6.07, 6.45) is 15.7. The maximum atomic E-state index is 4.50. The third-order valence-electron chi connectivity index (χ3n) is 16.3. The smallest absolute Gasteiger partial charge is 0.252 e. The van der Waals surface area contributed by atoms with Gasteiger partial charge in [-0.15, -0.1) is 0 Å². The van der Waals surface area contributed by atoms with Crippen molar-refractivity contribution in [2.24, 2.45) is 0 Å². The summed E-state index contributed by atoms with van der Waals surface area (Å²) in [4.78, 5) is 5.27. The zero-order valence-electron chi connectivity index (χ0n) is 43.5. The van der Waals surface area contributed by atoms with E-state index in [4.69, 9.17) is 0 Å². The number of aromatic nitrogens is 1. The van der Waals surface area contributed by atoms with Crippen molar-refractivity contribution in [2.75, 3.05) is 9.80 Å². The van der Waals surface area contributed by atoms with E-state index in [1.807, 2.05) is 0 Å². The summed E-state index contributed by atoms with van der Waals surface area (Å²) in [6.45, 7) is 29.8. The Bertz CT molecular complexity index is 3670. The molecule has 8 aromatic rings. The van der Waals surface area contributed by atoms with Gasteiger partial charge in [0.15, 0.2) is 0 Å². The van der Waals surface area contributed by atoms with E-state index in [0.717, 1.165) is 18.5 Å². The van der Waals surface area contributed by atoms with Gasteiger partial charge >= 0.3 is 0 Å². The van der Waals surface area contributed by atoms with Gasteiger partial charge in [0, 0.05) is 44.8 Å². The quantitative estimate of drug-likeness (QED) is 0.154. The number of rotatable bonds is 6. The molecule has 3 nitrogen and oxygen atoms in total. The van der Waals surface area contributed by atoms with Crippen LogP contribution in [-0.4, -0.2) is 11.3 Å². The van der Waals surface area contributed by atoms with E-state index in [1.54, 1.807) is 0 Å². The highest BCUT2D eigenvalue weighted by atomic mass is 15.2. The van der Waals surface area contributed by atoms with Gasteiger partial charge in [0.05, 0.1) is 22.6 Å². The number of anilines is 6. The predicted octanol–water partition coefficient (Wildman–Crippen LogP) is 16.3. The van der Waals surface area contributed by atoms with Crippen LogP contribution in [-0.2, 0) is 10.8 Å². The van der Waals surface area contributed by atoms with E-state index in [2.05, 4.69) is 249 Å². The van der Waals surface area contributed by atoms with Gasteiger partial charge in [-0.05, 0) is 198 Å². The molecule has 0 atom stereocenters. The topological polar surface area (TPSA) is 11.4 Å². The normalized spacial score (nSPS) is 15.2. The minimum atomic E-state index is -0.143. The number of hydrogen-bond acceptors (Lipinski definition) is 2. The molecule has 350 valence electrons. The lowest BCUT2D eigenvalue weighted by atomic mass is 9.33. The molecule has 0 spiro atoms. The number of allylic oxidation sites excluding steroid dienone is 5. The van der Waals surface area contributed by atoms with Gasteiger partial charge in [0.25, 0.3) is 6.71 Å². The van der Waals surface area contributed by atoms with Gasteiger partial charge < -0.3 is 14.4 Å². The van der Waals surface area contributed by atoms with E-state index in [9.17, 15) is 0 Å². The lowest BCUT2D eigenvalue weighted by Gasteiger charge is -2.45. The third kappa shape index (κ3) is 6.63.